The summed E-state index contributed by atoms with van der Waals surface area (Å²) in [6.07, 6.45) is 1.63. The Balaban J connectivity index is 1.88. The Morgan fingerprint density at radius 2 is 2.00 bits per heavy atom. The van der Waals surface area contributed by atoms with Gasteiger partial charge in [0, 0.05) is 17.6 Å². The average Bonchev–Trinajstić information content (AvgIpc) is 2.42. The number of likely N-dealkylation sites (N-methyl/N-ethyl adjacent to an activating group) is 1. The lowest BCUT2D eigenvalue weighted by atomic mass is 9.85. The van der Waals surface area contributed by atoms with E-state index in [1.165, 1.54) is 0 Å². The molecule has 1 aromatic carbocycles. The maximum absolute atomic E-state index is 12.3. The maximum atomic E-state index is 12.3. The Hall–Kier alpha value is -1.88. The van der Waals surface area contributed by atoms with E-state index in [4.69, 9.17) is 5.11 Å². The quantitative estimate of drug-likeness (QED) is 0.843. The van der Waals surface area contributed by atoms with E-state index in [-0.39, 0.29) is 24.5 Å². The third-order valence-corrected chi connectivity index (χ3v) is 4.56. The second kappa shape index (κ2) is 6.92. The van der Waals surface area contributed by atoms with Crippen LogP contribution >= 0.6 is 0 Å². The summed E-state index contributed by atoms with van der Waals surface area (Å²) < 4.78 is 0. The van der Waals surface area contributed by atoms with Gasteiger partial charge in [0.25, 0.3) is 5.91 Å². The van der Waals surface area contributed by atoms with E-state index in [1.54, 1.807) is 0 Å². The van der Waals surface area contributed by atoms with Crippen molar-refractivity contribution in [2.24, 2.45) is 0 Å². The predicted octanol–water partition coefficient (Wildman–Crippen LogP) is 1.97. The SMILES string of the molecule is CCN(CC(=O)O)C1CC(NC(=O)c2cccc(C)c2C)C1. The number of nitrogens with one attached hydrogen (secondary N) is 1. The molecule has 2 rings (SSSR count). The van der Waals surface area contributed by atoms with Crippen molar-refractivity contribution >= 4 is 11.9 Å². The molecule has 1 aliphatic rings. The molecule has 2 N–H and O–H groups in total. The first-order valence-electron chi connectivity index (χ1n) is 7.75. The van der Waals surface area contributed by atoms with Crippen LogP contribution in [0.15, 0.2) is 18.2 Å². The first-order valence-corrected chi connectivity index (χ1v) is 7.75. The summed E-state index contributed by atoms with van der Waals surface area (Å²) in [5.41, 5.74) is 2.84. The largest absolute Gasteiger partial charge is 0.480 e. The van der Waals surface area contributed by atoms with Crippen molar-refractivity contribution in [2.45, 2.75) is 45.7 Å². The summed E-state index contributed by atoms with van der Waals surface area (Å²) in [7, 11) is 0. The van der Waals surface area contributed by atoms with Crippen LogP contribution < -0.4 is 5.32 Å². The summed E-state index contributed by atoms with van der Waals surface area (Å²) in [6, 6.07) is 6.13. The van der Waals surface area contributed by atoms with E-state index >= 15 is 0 Å². The number of amides is 1. The van der Waals surface area contributed by atoms with Crippen LogP contribution in [0, 0.1) is 13.8 Å². The fraction of sp³-hybridized carbons (Fsp3) is 0.529. The normalized spacial score (nSPS) is 20.5. The number of benzene rings is 1. The molecular weight excluding hydrogens is 280 g/mol. The van der Waals surface area contributed by atoms with E-state index in [0.717, 1.165) is 29.5 Å². The van der Waals surface area contributed by atoms with Crippen LogP contribution in [0.3, 0.4) is 0 Å². The summed E-state index contributed by atoms with van der Waals surface area (Å²) >= 11 is 0. The molecule has 0 heterocycles. The molecule has 1 aromatic rings. The highest BCUT2D eigenvalue weighted by Gasteiger charge is 2.34. The average molecular weight is 304 g/mol. The molecule has 5 nitrogen and oxygen atoms in total. The smallest absolute Gasteiger partial charge is 0.317 e. The highest BCUT2D eigenvalue weighted by Crippen LogP contribution is 2.26. The van der Waals surface area contributed by atoms with Crippen molar-refractivity contribution in [3.05, 3.63) is 34.9 Å². The number of aliphatic carboxylic acids is 1. The van der Waals surface area contributed by atoms with Crippen LogP contribution in [0.5, 0.6) is 0 Å². The van der Waals surface area contributed by atoms with Gasteiger partial charge in [-0.2, -0.15) is 0 Å². The van der Waals surface area contributed by atoms with E-state index in [0.29, 0.717) is 6.54 Å². The van der Waals surface area contributed by atoms with E-state index < -0.39 is 5.97 Å². The minimum absolute atomic E-state index is 0.0362. The molecule has 0 saturated heterocycles. The molecule has 120 valence electrons. The van der Waals surface area contributed by atoms with Gasteiger partial charge in [-0.3, -0.25) is 14.5 Å². The molecule has 0 unspecified atom stereocenters. The van der Waals surface area contributed by atoms with Crippen molar-refractivity contribution in [1.82, 2.24) is 10.2 Å². The predicted molar refractivity (Wildman–Crippen MR) is 85.1 cm³/mol. The lowest BCUT2D eigenvalue weighted by Gasteiger charge is -2.42. The number of hydrogen-bond acceptors (Lipinski definition) is 3. The topological polar surface area (TPSA) is 69.6 Å². The first kappa shape index (κ1) is 16.5. The Labute approximate surface area is 131 Å². The van der Waals surface area contributed by atoms with Crippen LogP contribution in [0.4, 0.5) is 0 Å². The number of carbonyl (C=O) groups is 2. The molecule has 1 aliphatic carbocycles. The van der Waals surface area contributed by atoms with E-state index in [2.05, 4.69) is 5.32 Å². The molecule has 0 radical (unpaired) electrons. The first-order chi connectivity index (χ1) is 10.4. The zero-order chi connectivity index (χ0) is 16.3. The number of aryl methyl sites for hydroxylation is 1. The maximum Gasteiger partial charge on any atom is 0.317 e. The Morgan fingerprint density at radius 3 is 2.59 bits per heavy atom. The van der Waals surface area contributed by atoms with Crippen molar-refractivity contribution in [3.8, 4) is 0 Å². The van der Waals surface area contributed by atoms with Gasteiger partial charge in [-0.05, 0) is 50.4 Å². The van der Waals surface area contributed by atoms with Crippen LogP contribution in [-0.4, -0.2) is 47.1 Å². The lowest BCUT2D eigenvalue weighted by molar-refractivity contribution is -0.139. The van der Waals surface area contributed by atoms with Crippen LogP contribution in [-0.2, 0) is 4.79 Å². The van der Waals surface area contributed by atoms with Crippen LogP contribution in [0.1, 0.15) is 41.3 Å². The van der Waals surface area contributed by atoms with Gasteiger partial charge in [0.2, 0.25) is 0 Å². The third-order valence-electron chi connectivity index (χ3n) is 4.56. The highest BCUT2D eigenvalue weighted by atomic mass is 16.4. The molecule has 5 heteroatoms. The van der Waals surface area contributed by atoms with Crippen molar-refractivity contribution < 1.29 is 14.7 Å². The van der Waals surface area contributed by atoms with Crippen molar-refractivity contribution in [3.63, 3.8) is 0 Å². The van der Waals surface area contributed by atoms with Crippen LogP contribution in [0.25, 0.3) is 0 Å². The minimum Gasteiger partial charge on any atom is -0.480 e. The summed E-state index contributed by atoms with van der Waals surface area (Å²) in [4.78, 5) is 25.1. The molecule has 0 aromatic heterocycles. The van der Waals surface area contributed by atoms with Gasteiger partial charge in [-0.1, -0.05) is 19.1 Å². The zero-order valence-electron chi connectivity index (χ0n) is 13.4. The zero-order valence-corrected chi connectivity index (χ0v) is 13.4. The second-order valence-electron chi connectivity index (χ2n) is 6.00. The number of rotatable bonds is 6. The van der Waals surface area contributed by atoms with Gasteiger partial charge in [-0.25, -0.2) is 0 Å². The van der Waals surface area contributed by atoms with Crippen LogP contribution in [0.2, 0.25) is 0 Å². The van der Waals surface area contributed by atoms with E-state index in [1.807, 2.05) is 43.9 Å². The molecule has 1 fully saturated rings. The van der Waals surface area contributed by atoms with Gasteiger partial charge in [0.05, 0.1) is 6.54 Å². The molecular formula is C17H24N2O3. The molecule has 0 atom stereocenters. The molecule has 0 aliphatic heterocycles. The van der Waals surface area contributed by atoms with Gasteiger partial charge < -0.3 is 10.4 Å². The Morgan fingerprint density at radius 1 is 1.32 bits per heavy atom. The summed E-state index contributed by atoms with van der Waals surface area (Å²) in [5.74, 6) is -0.837. The molecule has 0 bridgehead atoms. The van der Waals surface area contributed by atoms with Gasteiger partial charge in [-0.15, -0.1) is 0 Å². The Bertz CT molecular complexity index is 565. The molecule has 1 amide bonds. The monoisotopic (exact) mass is 304 g/mol. The number of nitrogens with zero attached hydrogens (tertiary/aromatic N) is 1. The van der Waals surface area contributed by atoms with Gasteiger partial charge >= 0.3 is 5.97 Å². The lowest BCUT2D eigenvalue weighted by Crippen LogP contribution is -2.54. The van der Waals surface area contributed by atoms with Crippen molar-refractivity contribution in [2.75, 3.05) is 13.1 Å². The summed E-state index contributed by atoms with van der Waals surface area (Å²) in [6.45, 7) is 6.70. The van der Waals surface area contributed by atoms with Crippen molar-refractivity contribution in [1.29, 1.82) is 0 Å². The third kappa shape index (κ3) is 3.65. The highest BCUT2D eigenvalue weighted by molar-refractivity contribution is 5.96. The molecule has 0 spiro atoms. The number of hydrogen-bond donors (Lipinski definition) is 2. The fourth-order valence-electron chi connectivity index (χ4n) is 2.94. The minimum atomic E-state index is -0.801. The Kier molecular flexibility index (Phi) is 5.19. The number of carboxylic acid groups (broad SMARTS) is 1. The number of carboxylic acids is 1. The van der Waals surface area contributed by atoms with Gasteiger partial charge in [0.15, 0.2) is 0 Å². The molecule has 1 saturated carbocycles. The summed E-state index contributed by atoms with van der Waals surface area (Å²) in [5, 5.41) is 11.9. The van der Waals surface area contributed by atoms with Gasteiger partial charge in [0.1, 0.15) is 0 Å². The number of carbonyl (C=O) groups excluding carboxylic acids is 1. The van der Waals surface area contributed by atoms with E-state index in [9.17, 15) is 9.59 Å². The standard InChI is InChI=1S/C17H24N2O3/c1-4-19(10-16(20)21)14-8-13(9-14)18-17(22)15-7-5-6-11(2)12(15)3/h5-7,13-14H,4,8-10H2,1-3H3,(H,18,22)(H,20,21). The molecule has 22 heavy (non-hydrogen) atoms. The fourth-order valence-corrected chi connectivity index (χ4v) is 2.94. The second-order valence-corrected chi connectivity index (χ2v) is 6.00.